The van der Waals surface area contributed by atoms with E-state index in [4.69, 9.17) is 9.47 Å². The lowest BCUT2D eigenvalue weighted by atomic mass is 9.98. The Labute approximate surface area is 171 Å². The summed E-state index contributed by atoms with van der Waals surface area (Å²) in [7, 11) is 1.68. The lowest BCUT2D eigenvalue weighted by molar-refractivity contribution is -0.117. The molecule has 1 unspecified atom stereocenters. The van der Waals surface area contributed by atoms with E-state index < -0.39 is 0 Å². The molecule has 2 aliphatic rings. The Morgan fingerprint density at radius 3 is 2.76 bits per heavy atom. The number of methoxy groups -OCH3 is 1. The fourth-order valence-corrected chi connectivity index (χ4v) is 4.00. The van der Waals surface area contributed by atoms with E-state index in [2.05, 4.69) is 22.2 Å². The molecule has 2 aromatic carbocycles. The zero-order valence-corrected chi connectivity index (χ0v) is 16.9. The number of anilines is 2. The van der Waals surface area contributed by atoms with Gasteiger partial charge in [0.1, 0.15) is 17.5 Å². The van der Waals surface area contributed by atoms with Crippen molar-refractivity contribution in [1.82, 2.24) is 10.9 Å². The topological polar surface area (TPSA) is 74.9 Å². The van der Waals surface area contributed by atoms with E-state index in [0.29, 0.717) is 19.1 Å². The van der Waals surface area contributed by atoms with Crippen molar-refractivity contribution in [2.24, 2.45) is 0 Å². The fraction of sp³-hybridized carbons (Fsp3) is 0.409. The highest BCUT2D eigenvalue weighted by atomic mass is 16.5. The Bertz CT molecular complexity index is 867. The molecule has 2 aliphatic heterocycles. The molecule has 1 atom stereocenters. The van der Waals surface area contributed by atoms with Gasteiger partial charge in [0.15, 0.2) is 0 Å². The maximum atomic E-state index is 13.0. The van der Waals surface area contributed by atoms with Gasteiger partial charge in [0, 0.05) is 49.1 Å². The van der Waals surface area contributed by atoms with E-state index in [0.717, 1.165) is 47.9 Å². The molecule has 7 heteroatoms. The molecule has 0 bridgehead atoms. The summed E-state index contributed by atoms with van der Waals surface area (Å²) in [6, 6.07) is 13.6. The summed E-state index contributed by atoms with van der Waals surface area (Å²) in [6.07, 6.45) is 0.748. The standard InChI is InChI=1S/C22H28N4O3/c1-3-29-18-6-4-5-16(11-18)25-20-9-10-26(22(20)27)17-7-8-19(21(12-17)28-2)15-13-23-24-14-15/h4-8,11-12,15,20,23-25H,3,9-10,13-14H2,1-2H3. The van der Waals surface area contributed by atoms with Crippen LogP contribution in [0.1, 0.15) is 24.8 Å². The van der Waals surface area contributed by atoms with E-state index in [1.165, 1.54) is 0 Å². The van der Waals surface area contributed by atoms with Crippen molar-refractivity contribution in [3.63, 3.8) is 0 Å². The summed E-state index contributed by atoms with van der Waals surface area (Å²) in [5.74, 6) is 2.06. The van der Waals surface area contributed by atoms with E-state index in [1.807, 2.05) is 48.2 Å². The van der Waals surface area contributed by atoms with Gasteiger partial charge in [0.25, 0.3) is 0 Å². The SMILES string of the molecule is CCOc1cccc(NC2CCN(c3ccc(C4CNNC4)c(OC)c3)C2=O)c1. The Balaban J connectivity index is 1.48. The molecule has 2 fully saturated rings. The summed E-state index contributed by atoms with van der Waals surface area (Å²) in [5.41, 5.74) is 9.23. The van der Waals surface area contributed by atoms with Gasteiger partial charge in [-0.05, 0) is 37.1 Å². The first kappa shape index (κ1) is 19.5. The van der Waals surface area contributed by atoms with Crippen LogP contribution in [-0.2, 0) is 4.79 Å². The molecule has 3 N–H and O–H groups in total. The van der Waals surface area contributed by atoms with Gasteiger partial charge in [0.2, 0.25) is 5.91 Å². The van der Waals surface area contributed by atoms with Crippen molar-refractivity contribution in [3.8, 4) is 11.5 Å². The maximum Gasteiger partial charge on any atom is 0.249 e. The second kappa shape index (κ2) is 8.71. The van der Waals surface area contributed by atoms with Crippen molar-refractivity contribution in [2.75, 3.05) is 43.6 Å². The van der Waals surface area contributed by atoms with Gasteiger partial charge in [-0.3, -0.25) is 15.6 Å². The van der Waals surface area contributed by atoms with Crippen LogP contribution in [0, 0.1) is 0 Å². The molecule has 2 saturated heterocycles. The third-order valence-corrected chi connectivity index (χ3v) is 5.48. The number of carbonyl (C=O) groups excluding carboxylic acids is 1. The van der Waals surface area contributed by atoms with Gasteiger partial charge in [-0.2, -0.15) is 0 Å². The lowest BCUT2D eigenvalue weighted by Crippen LogP contribution is -2.33. The molecule has 0 radical (unpaired) electrons. The molecule has 2 aromatic rings. The number of rotatable bonds is 7. The number of carbonyl (C=O) groups is 1. The highest BCUT2D eigenvalue weighted by Gasteiger charge is 2.33. The van der Waals surface area contributed by atoms with Crippen LogP contribution in [0.15, 0.2) is 42.5 Å². The first-order valence-electron chi connectivity index (χ1n) is 10.1. The van der Waals surface area contributed by atoms with Gasteiger partial charge in [0.05, 0.1) is 13.7 Å². The van der Waals surface area contributed by atoms with Crippen molar-refractivity contribution in [2.45, 2.75) is 25.3 Å². The van der Waals surface area contributed by atoms with Gasteiger partial charge in [-0.1, -0.05) is 12.1 Å². The Hall–Kier alpha value is -2.77. The average molecular weight is 396 g/mol. The molecule has 0 spiro atoms. The average Bonchev–Trinajstić information content (AvgIpc) is 3.39. The number of hydrogen-bond donors (Lipinski definition) is 3. The van der Waals surface area contributed by atoms with Crippen LogP contribution < -0.4 is 30.5 Å². The first-order valence-corrected chi connectivity index (χ1v) is 10.1. The van der Waals surface area contributed by atoms with Crippen molar-refractivity contribution in [1.29, 1.82) is 0 Å². The number of nitrogens with zero attached hydrogens (tertiary/aromatic N) is 1. The first-order chi connectivity index (χ1) is 14.2. The smallest absolute Gasteiger partial charge is 0.249 e. The van der Waals surface area contributed by atoms with Crippen LogP contribution in [0.25, 0.3) is 0 Å². The third kappa shape index (κ3) is 4.16. The Kier molecular flexibility index (Phi) is 5.87. The van der Waals surface area contributed by atoms with E-state index in [9.17, 15) is 4.79 Å². The minimum atomic E-state index is -0.249. The molecule has 1 amide bonds. The largest absolute Gasteiger partial charge is 0.496 e. The van der Waals surface area contributed by atoms with Crippen LogP contribution in [-0.4, -0.2) is 45.3 Å². The van der Waals surface area contributed by atoms with Crippen molar-refractivity contribution < 1.29 is 14.3 Å². The second-order valence-corrected chi connectivity index (χ2v) is 7.32. The number of hydrogen-bond acceptors (Lipinski definition) is 6. The predicted octanol–water partition coefficient (Wildman–Crippen LogP) is 2.50. The molecule has 0 aromatic heterocycles. The quantitative estimate of drug-likeness (QED) is 0.668. The maximum absolute atomic E-state index is 13.0. The van der Waals surface area contributed by atoms with Crippen molar-refractivity contribution in [3.05, 3.63) is 48.0 Å². The van der Waals surface area contributed by atoms with Crippen LogP contribution in [0.2, 0.25) is 0 Å². The van der Waals surface area contributed by atoms with E-state index >= 15 is 0 Å². The Morgan fingerprint density at radius 2 is 2.00 bits per heavy atom. The van der Waals surface area contributed by atoms with E-state index in [1.54, 1.807) is 7.11 Å². The summed E-state index contributed by atoms with van der Waals surface area (Å²) >= 11 is 0. The van der Waals surface area contributed by atoms with Crippen LogP contribution in [0.5, 0.6) is 11.5 Å². The number of hydrazine groups is 1. The van der Waals surface area contributed by atoms with Crippen LogP contribution in [0.3, 0.4) is 0 Å². The molecule has 0 aliphatic carbocycles. The van der Waals surface area contributed by atoms with Crippen LogP contribution >= 0.6 is 0 Å². The summed E-state index contributed by atoms with van der Waals surface area (Å²) in [6.45, 7) is 4.98. The lowest BCUT2D eigenvalue weighted by Gasteiger charge is -2.21. The fourth-order valence-electron chi connectivity index (χ4n) is 4.00. The summed E-state index contributed by atoms with van der Waals surface area (Å²) in [4.78, 5) is 14.9. The number of nitrogens with one attached hydrogen (secondary N) is 3. The molecular weight excluding hydrogens is 368 g/mol. The highest BCUT2D eigenvalue weighted by molar-refractivity contribution is 6.01. The van der Waals surface area contributed by atoms with Gasteiger partial charge < -0.3 is 19.7 Å². The third-order valence-electron chi connectivity index (χ3n) is 5.48. The number of amides is 1. The summed E-state index contributed by atoms with van der Waals surface area (Å²) < 4.78 is 11.2. The van der Waals surface area contributed by atoms with Crippen LogP contribution in [0.4, 0.5) is 11.4 Å². The minimum absolute atomic E-state index is 0.0748. The van der Waals surface area contributed by atoms with E-state index in [-0.39, 0.29) is 11.9 Å². The zero-order valence-electron chi connectivity index (χ0n) is 16.9. The second-order valence-electron chi connectivity index (χ2n) is 7.32. The molecule has 7 nitrogen and oxygen atoms in total. The molecule has 4 rings (SSSR count). The molecule has 2 heterocycles. The monoisotopic (exact) mass is 396 g/mol. The number of benzene rings is 2. The van der Waals surface area contributed by atoms with Gasteiger partial charge in [-0.15, -0.1) is 0 Å². The van der Waals surface area contributed by atoms with Gasteiger partial charge in [-0.25, -0.2) is 0 Å². The Morgan fingerprint density at radius 1 is 1.17 bits per heavy atom. The summed E-state index contributed by atoms with van der Waals surface area (Å²) in [5, 5.41) is 3.35. The van der Waals surface area contributed by atoms with Crippen molar-refractivity contribution >= 4 is 17.3 Å². The van der Waals surface area contributed by atoms with Gasteiger partial charge >= 0.3 is 0 Å². The highest BCUT2D eigenvalue weighted by Crippen LogP contribution is 2.33. The zero-order chi connectivity index (χ0) is 20.2. The normalized spacial score (nSPS) is 19.6. The number of ether oxygens (including phenoxy) is 2. The molecule has 29 heavy (non-hydrogen) atoms. The minimum Gasteiger partial charge on any atom is -0.496 e. The molecular formula is C22H28N4O3. The predicted molar refractivity (Wildman–Crippen MR) is 114 cm³/mol. The molecule has 154 valence electrons. The molecule has 0 saturated carbocycles.